The fourth-order valence-corrected chi connectivity index (χ4v) is 7.77. The van der Waals surface area contributed by atoms with Crippen LogP contribution in [-0.2, 0) is 4.79 Å². The van der Waals surface area contributed by atoms with Crippen molar-refractivity contribution in [2.24, 2.45) is 17.8 Å². The lowest BCUT2D eigenvalue weighted by molar-refractivity contribution is -0.126. The number of piperidine rings is 3. The first-order valence-electron chi connectivity index (χ1n) is 14.7. The molecule has 1 aromatic heterocycles. The molecule has 37 heavy (non-hydrogen) atoms. The Kier molecular flexibility index (Phi) is 7.28. The molecule has 4 heteroatoms. The van der Waals surface area contributed by atoms with Gasteiger partial charge in [0.05, 0.1) is 17.5 Å². The van der Waals surface area contributed by atoms with Crippen LogP contribution < -0.4 is 5.32 Å². The van der Waals surface area contributed by atoms with E-state index < -0.39 is 0 Å². The first kappa shape index (κ1) is 24.6. The van der Waals surface area contributed by atoms with Gasteiger partial charge in [0.1, 0.15) is 0 Å². The van der Waals surface area contributed by atoms with Crippen LogP contribution >= 0.6 is 0 Å². The minimum Gasteiger partial charge on any atom is -0.347 e. The van der Waals surface area contributed by atoms with Gasteiger partial charge >= 0.3 is 0 Å². The van der Waals surface area contributed by atoms with E-state index in [1.54, 1.807) is 0 Å². The first-order valence-corrected chi connectivity index (χ1v) is 14.7. The Hall–Kier alpha value is -2.72. The molecular weight excluding hydrogens is 454 g/mol. The van der Waals surface area contributed by atoms with Gasteiger partial charge in [0.25, 0.3) is 0 Å². The first-order chi connectivity index (χ1) is 18.2. The molecule has 194 valence electrons. The van der Waals surface area contributed by atoms with E-state index in [1.807, 2.05) is 6.20 Å². The second kappa shape index (κ2) is 10.9. The minimum atomic E-state index is -0.0868. The fraction of sp³-hybridized carbons (Fsp3) is 0.515. The molecule has 4 fully saturated rings. The molecule has 1 amide bonds. The summed E-state index contributed by atoms with van der Waals surface area (Å²) in [5, 5.41) is 4.87. The van der Waals surface area contributed by atoms with E-state index in [9.17, 15) is 4.79 Å². The maximum Gasteiger partial charge on any atom is 0.228 e. The summed E-state index contributed by atoms with van der Waals surface area (Å²) in [6.07, 6.45) is 11.7. The number of pyridine rings is 1. The molecule has 4 heterocycles. The number of aromatic nitrogens is 1. The third-order valence-electron chi connectivity index (χ3n) is 9.72. The topological polar surface area (TPSA) is 45.2 Å². The number of hydrogen-bond donors (Lipinski definition) is 1. The third-order valence-corrected chi connectivity index (χ3v) is 9.72. The summed E-state index contributed by atoms with van der Waals surface area (Å²) < 4.78 is 0. The van der Waals surface area contributed by atoms with Crippen molar-refractivity contribution < 1.29 is 4.79 Å². The highest BCUT2D eigenvalue weighted by molar-refractivity contribution is 5.87. The highest BCUT2D eigenvalue weighted by atomic mass is 16.2. The molecule has 3 saturated heterocycles. The van der Waals surface area contributed by atoms with Crippen LogP contribution in [0.1, 0.15) is 81.4 Å². The standard InChI is InChI=1S/C33H41N3O/c1-2-23-22-36-20-18-26(23)21-30(36)32(28-17-19-34-29-16-10-9-15-27(28)29)35-33(37)31(24-11-5-3-6-12-24)25-13-7-4-8-14-25/h3,5-6,9-12,15-17,19,23,25-26,30-32H,2,4,7-8,13-14,18,20-22H2,1H3,(H,35,37). The van der Waals surface area contributed by atoms with Crippen LogP contribution in [0.5, 0.6) is 0 Å². The second-order valence-electron chi connectivity index (χ2n) is 11.7. The molecule has 2 aromatic carbocycles. The van der Waals surface area contributed by atoms with Crippen molar-refractivity contribution in [2.75, 3.05) is 13.1 Å². The molecule has 1 N–H and O–H groups in total. The Morgan fingerprint density at radius 3 is 2.54 bits per heavy atom. The SMILES string of the molecule is CCC1CN2CCC1CC2C(NC(=O)C(c1ccccc1)C1CCCCC1)c1ccnc2ccccc12. The summed E-state index contributed by atoms with van der Waals surface area (Å²) in [6.45, 7) is 4.64. The molecule has 4 nitrogen and oxygen atoms in total. The molecule has 3 aromatic rings. The Bertz CT molecular complexity index is 1200. The molecule has 2 bridgehead atoms. The van der Waals surface area contributed by atoms with E-state index in [4.69, 9.17) is 0 Å². The molecule has 1 saturated carbocycles. The Morgan fingerprint density at radius 1 is 1.00 bits per heavy atom. The Morgan fingerprint density at radius 2 is 1.78 bits per heavy atom. The van der Waals surface area contributed by atoms with Crippen LogP contribution in [0.15, 0.2) is 66.9 Å². The van der Waals surface area contributed by atoms with E-state index >= 15 is 0 Å². The van der Waals surface area contributed by atoms with Crippen LogP contribution in [-0.4, -0.2) is 34.9 Å². The number of amides is 1. The zero-order chi connectivity index (χ0) is 25.2. The molecule has 3 aliphatic heterocycles. The van der Waals surface area contributed by atoms with Crippen molar-refractivity contribution in [1.82, 2.24) is 15.2 Å². The summed E-state index contributed by atoms with van der Waals surface area (Å²) in [7, 11) is 0. The monoisotopic (exact) mass is 495 g/mol. The van der Waals surface area contributed by atoms with Gasteiger partial charge in [0.2, 0.25) is 5.91 Å². The van der Waals surface area contributed by atoms with E-state index in [0.29, 0.717) is 12.0 Å². The van der Waals surface area contributed by atoms with Crippen LogP contribution in [0.2, 0.25) is 0 Å². The van der Waals surface area contributed by atoms with Crippen LogP contribution in [0.3, 0.4) is 0 Å². The number of benzene rings is 2. The molecule has 6 unspecified atom stereocenters. The molecule has 7 rings (SSSR count). The second-order valence-corrected chi connectivity index (χ2v) is 11.7. The summed E-state index contributed by atoms with van der Waals surface area (Å²) >= 11 is 0. The number of hydrogen-bond acceptors (Lipinski definition) is 3. The zero-order valence-corrected chi connectivity index (χ0v) is 22.2. The maximum absolute atomic E-state index is 14.4. The van der Waals surface area contributed by atoms with Crippen molar-refractivity contribution in [1.29, 1.82) is 0 Å². The Labute approximate surface area is 221 Å². The number of nitrogens with one attached hydrogen (secondary N) is 1. The van der Waals surface area contributed by atoms with Crippen LogP contribution in [0.25, 0.3) is 10.9 Å². The lowest BCUT2D eigenvalue weighted by Crippen LogP contribution is -2.58. The van der Waals surface area contributed by atoms with Gasteiger partial charge in [-0.3, -0.25) is 14.7 Å². The van der Waals surface area contributed by atoms with Crippen molar-refractivity contribution in [3.05, 3.63) is 78.0 Å². The van der Waals surface area contributed by atoms with Gasteiger partial charge in [-0.15, -0.1) is 0 Å². The molecule has 0 spiro atoms. The van der Waals surface area contributed by atoms with Crippen molar-refractivity contribution in [3.63, 3.8) is 0 Å². The number of carbonyl (C=O) groups is 1. The number of rotatable bonds is 7. The summed E-state index contributed by atoms with van der Waals surface area (Å²) in [5.41, 5.74) is 3.40. The highest BCUT2D eigenvalue weighted by Crippen LogP contribution is 2.43. The van der Waals surface area contributed by atoms with Gasteiger partial charge in [-0.2, -0.15) is 0 Å². The number of carbonyl (C=O) groups excluding carboxylic acids is 1. The van der Waals surface area contributed by atoms with Crippen LogP contribution in [0.4, 0.5) is 0 Å². The van der Waals surface area contributed by atoms with Gasteiger partial charge in [0.15, 0.2) is 0 Å². The zero-order valence-electron chi connectivity index (χ0n) is 22.2. The average Bonchev–Trinajstić information content (AvgIpc) is 2.97. The molecule has 4 aliphatic rings. The van der Waals surface area contributed by atoms with Crippen molar-refractivity contribution in [3.8, 4) is 0 Å². The van der Waals surface area contributed by atoms with Crippen molar-refractivity contribution in [2.45, 2.75) is 76.3 Å². The summed E-state index contributed by atoms with van der Waals surface area (Å²) in [6, 6.07) is 21.4. The highest BCUT2D eigenvalue weighted by Gasteiger charge is 2.44. The van der Waals surface area contributed by atoms with Gasteiger partial charge in [-0.25, -0.2) is 0 Å². The largest absolute Gasteiger partial charge is 0.347 e. The van der Waals surface area contributed by atoms with E-state index in [1.165, 1.54) is 55.0 Å². The molecular formula is C33H41N3O. The van der Waals surface area contributed by atoms with E-state index in [2.05, 4.69) is 82.8 Å². The number of para-hydroxylation sites is 1. The predicted octanol–water partition coefficient (Wildman–Crippen LogP) is 6.88. The smallest absolute Gasteiger partial charge is 0.228 e. The predicted molar refractivity (Wildman–Crippen MR) is 150 cm³/mol. The van der Waals surface area contributed by atoms with Crippen LogP contribution in [0, 0.1) is 17.8 Å². The van der Waals surface area contributed by atoms with Gasteiger partial charge in [0, 0.05) is 24.2 Å². The molecule has 0 radical (unpaired) electrons. The summed E-state index contributed by atoms with van der Waals surface area (Å²) in [4.78, 5) is 21.7. The van der Waals surface area contributed by atoms with Gasteiger partial charge in [-0.05, 0) is 73.2 Å². The lowest BCUT2D eigenvalue weighted by Gasteiger charge is -2.52. The third kappa shape index (κ3) is 4.93. The number of fused-ring (bicyclic) bond motifs is 4. The molecule has 1 aliphatic carbocycles. The van der Waals surface area contributed by atoms with Gasteiger partial charge < -0.3 is 5.32 Å². The quantitative estimate of drug-likeness (QED) is 0.389. The minimum absolute atomic E-state index is 0.0317. The Balaban J connectivity index is 1.37. The molecule has 6 atom stereocenters. The normalized spacial score (nSPS) is 27.6. The summed E-state index contributed by atoms with van der Waals surface area (Å²) in [5.74, 6) is 2.08. The fourth-order valence-electron chi connectivity index (χ4n) is 7.77. The van der Waals surface area contributed by atoms with E-state index in [-0.39, 0.29) is 17.9 Å². The van der Waals surface area contributed by atoms with Crippen molar-refractivity contribution >= 4 is 16.8 Å². The maximum atomic E-state index is 14.4. The average molecular weight is 496 g/mol. The number of nitrogens with zero attached hydrogens (tertiary/aromatic N) is 2. The van der Waals surface area contributed by atoms with Gasteiger partial charge in [-0.1, -0.05) is 81.1 Å². The lowest BCUT2D eigenvalue weighted by atomic mass is 9.71. The van der Waals surface area contributed by atoms with E-state index in [0.717, 1.165) is 43.3 Å².